The number of thiophene rings is 1. The van der Waals surface area contributed by atoms with Gasteiger partial charge >= 0.3 is 0 Å². The maximum Gasteiger partial charge on any atom is 0.180 e. The molecule has 2 aromatic rings. The molecule has 2 rings (SSSR count). The number of halogens is 2. The molecule has 0 aliphatic rings. The predicted octanol–water partition coefficient (Wildman–Crippen LogP) is 3.98. The Balaban J connectivity index is 2.14. The lowest BCUT2D eigenvalue weighted by molar-refractivity contribution is 0.0996. The van der Waals surface area contributed by atoms with Crippen LogP contribution in [0, 0.1) is 0 Å². The summed E-state index contributed by atoms with van der Waals surface area (Å²) in [6, 6.07) is 5.42. The van der Waals surface area contributed by atoms with Gasteiger partial charge in [0.05, 0.1) is 16.3 Å². The molecule has 0 unspecified atom stereocenters. The lowest BCUT2D eigenvalue weighted by atomic mass is 10.2. The van der Waals surface area contributed by atoms with Gasteiger partial charge in [-0.25, -0.2) is 0 Å². The highest BCUT2D eigenvalue weighted by Gasteiger charge is 2.12. The van der Waals surface area contributed by atoms with E-state index in [0.717, 1.165) is 10.2 Å². The van der Waals surface area contributed by atoms with Crippen LogP contribution >= 0.6 is 38.9 Å². The zero-order valence-corrected chi connectivity index (χ0v) is 11.3. The number of carbonyl (C=O) groups is 1. The van der Waals surface area contributed by atoms with E-state index < -0.39 is 0 Å². The van der Waals surface area contributed by atoms with Crippen molar-refractivity contribution in [1.82, 2.24) is 4.98 Å². The molecule has 0 aliphatic heterocycles. The molecule has 16 heavy (non-hydrogen) atoms. The van der Waals surface area contributed by atoms with E-state index in [2.05, 4.69) is 20.9 Å². The second kappa shape index (κ2) is 5.08. The van der Waals surface area contributed by atoms with Crippen molar-refractivity contribution in [2.75, 3.05) is 0 Å². The Kier molecular flexibility index (Phi) is 3.74. The molecule has 0 saturated carbocycles. The zero-order valence-electron chi connectivity index (χ0n) is 8.11. The van der Waals surface area contributed by atoms with E-state index in [4.69, 9.17) is 11.6 Å². The number of nitrogens with zero attached hydrogens (tertiary/aromatic N) is 1. The minimum atomic E-state index is 0.00909. The van der Waals surface area contributed by atoms with Crippen LogP contribution in [0.3, 0.4) is 0 Å². The molecule has 2 nitrogen and oxygen atoms in total. The van der Waals surface area contributed by atoms with Gasteiger partial charge in [-0.2, -0.15) is 0 Å². The molecule has 0 N–H and O–H groups in total. The van der Waals surface area contributed by atoms with E-state index in [-0.39, 0.29) is 12.2 Å². The standard InChI is InChI=1S/C11H7BrClNOS/c12-7-1-2-8(14-6-7)5-10(15)11-9(13)3-4-16-11/h1-4,6H,5H2. The largest absolute Gasteiger partial charge is 0.293 e. The minimum absolute atomic E-state index is 0.00909. The van der Waals surface area contributed by atoms with E-state index in [1.807, 2.05) is 17.5 Å². The Labute approximate surface area is 110 Å². The van der Waals surface area contributed by atoms with E-state index in [9.17, 15) is 4.79 Å². The molecule has 0 radical (unpaired) electrons. The number of hydrogen-bond donors (Lipinski definition) is 0. The highest BCUT2D eigenvalue weighted by Crippen LogP contribution is 2.23. The molecular weight excluding hydrogens is 310 g/mol. The van der Waals surface area contributed by atoms with E-state index in [1.165, 1.54) is 11.3 Å². The molecule has 0 saturated heterocycles. The molecule has 0 aromatic carbocycles. The third-order valence-corrected chi connectivity index (χ3v) is 3.85. The maximum atomic E-state index is 11.9. The van der Waals surface area contributed by atoms with Gasteiger partial charge in [0.15, 0.2) is 5.78 Å². The van der Waals surface area contributed by atoms with Crippen LogP contribution in [0.4, 0.5) is 0 Å². The van der Waals surface area contributed by atoms with Gasteiger partial charge in [0.2, 0.25) is 0 Å². The first-order valence-corrected chi connectivity index (χ1v) is 6.58. The van der Waals surface area contributed by atoms with Gasteiger partial charge in [0.25, 0.3) is 0 Å². The fourth-order valence-electron chi connectivity index (χ4n) is 1.25. The van der Waals surface area contributed by atoms with Crippen molar-refractivity contribution in [3.8, 4) is 0 Å². The van der Waals surface area contributed by atoms with Crippen molar-refractivity contribution in [1.29, 1.82) is 0 Å². The summed E-state index contributed by atoms with van der Waals surface area (Å²) in [5.74, 6) is 0.00909. The summed E-state index contributed by atoms with van der Waals surface area (Å²) in [7, 11) is 0. The van der Waals surface area contributed by atoms with Crippen molar-refractivity contribution in [2.45, 2.75) is 6.42 Å². The molecular formula is C11H7BrClNOS. The normalized spacial score (nSPS) is 10.4. The average Bonchev–Trinajstić information content (AvgIpc) is 2.68. The molecule has 0 bridgehead atoms. The van der Waals surface area contributed by atoms with Crippen molar-refractivity contribution in [2.24, 2.45) is 0 Å². The Morgan fingerprint density at radius 3 is 2.81 bits per heavy atom. The van der Waals surface area contributed by atoms with Gasteiger partial charge in [-0.15, -0.1) is 11.3 Å². The van der Waals surface area contributed by atoms with E-state index in [0.29, 0.717) is 9.90 Å². The Bertz CT molecular complexity index is 509. The summed E-state index contributed by atoms with van der Waals surface area (Å²) in [6.45, 7) is 0. The number of hydrogen-bond acceptors (Lipinski definition) is 3. The number of Topliss-reactive ketones (excluding diaryl/α,β-unsaturated/α-hetero) is 1. The van der Waals surface area contributed by atoms with Crippen LogP contribution in [0.2, 0.25) is 5.02 Å². The van der Waals surface area contributed by atoms with Crippen molar-refractivity contribution in [3.63, 3.8) is 0 Å². The molecule has 2 heterocycles. The molecule has 0 fully saturated rings. The number of ketones is 1. The number of aromatic nitrogens is 1. The molecule has 0 aliphatic carbocycles. The fourth-order valence-corrected chi connectivity index (χ4v) is 2.58. The summed E-state index contributed by atoms with van der Waals surface area (Å²) in [4.78, 5) is 16.6. The second-order valence-corrected chi connectivity index (χ2v) is 5.40. The van der Waals surface area contributed by atoms with Gasteiger partial charge in [0.1, 0.15) is 0 Å². The lowest BCUT2D eigenvalue weighted by Crippen LogP contribution is -2.03. The predicted molar refractivity (Wildman–Crippen MR) is 69.3 cm³/mol. The van der Waals surface area contributed by atoms with Crippen molar-refractivity contribution >= 4 is 44.7 Å². The lowest BCUT2D eigenvalue weighted by Gasteiger charge is -1.99. The van der Waals surface area contributed by atoms with Crippen LogP contribution < -0.4 is 0 Å². The van der Waals surface area contributed by atoms with Crippen LogP contribution in [0.25, 0.3) is 0 Å². The molecule has 82 valence electrons. The van der Waals surface area contributed by atoms with Crippen LogP contribution in [0.1, 0.15) is 15.4 Å². The number of pyridine rings is 1. The Hall–Kier alpha value is -0.710. The van der Waals surface area contributed by atoms with E-state index >= 15 is 0 Å². The van der Waals surface area contributed by atoms with Crippen molar-refractivity contribution in [3.05, 3.63) is 49.8 Å². The Morgan fingerprint density at radius 1 is 1.44 bits per heavy atom. The van der Waals surface area contributed by atoms with Gasteiger partial charge < -0.3 is 0 Å². The first-order chi connectivity index (χ1) is 7.66. The molecule has 0 amide bonds. The Morgan fingerprint density at radius 2 is 2.25 bits per heavy atom. The quantitative estimate of drug-likeness (QED) is 0.802. The first kappa shape index (κ1) is 11.8. The van der Waals surface area contributed by atoms with Gasteiger partial charge in [-0.1, -0.05) is 11.6 Å². The van der Waals surface area contributed by atoms with E-state index in [1.54, 1.807) is 12.3 Å². The molecule has 0 atom stereocenters. The molecule has 2 aromatic heterocycles. The van der Waals surface area contributed by atoms with Crippen LogP contribution in [-0.4, -0.2) is 10.8 Å². The van der Waals surface area contributed by atoms with Gasteiger partial charge in [-0.3, -0.25) is 9.78 Å². The number of carbonyl (C=O) groups excluding carboxylic acids is 1. The zero-order chi connectivity index (χ0) is 11.5. The fraction of sp³-hybridized carbons (Fsp3) is 0.0909. The summed E-state index contributed by atoms with van der Waals surface area (Å²) in [6.07, 6.45) is 1.96. The molecule has 0 spiro atoms. The maximum absolute atomic E-state index is 11.9. The minimum Gasteiger partial charge on any atom is -0.293 e. The SMILES string of the molecule is O=C(Cc1ccc(Br)cn1)c1sccc1Cl. The monoisotopic (exact) mass is 315 g/mol. The van der Waals surface area contributed by atoms with Crippen LogP contribution in [-0.2, 0) is 6.42 Å². The molecule has 5 heteroatoms. The van der Waals surface area contributed by atoms with Crippen LogP contribution in [0.15, 0.2) is 34.2 Å². The highest BCUT2D eigenvalue weighted by atomic mass is 79.9. The summed E-state index contributed by atoms with van der Waals surface area (Å²) in [5.41, 5.74) is 0.748. The summed E-state index contributed by atoms with van der Waals surface area (Å²) >= 11 is 10.5. The van der Waals surface area contributed by atoms with Crippen molar-refractivity contribution < 1.29 is 4.79 Å². The third kappa shape index (κ3) is 2.70. The number of rotatable bonds is 3. The first-order valence-electron chi connectivity index (χ1n) is 4.53. The average molecular weight is 317 g/mol. The topological polar surface area (TPSA) is 30.0 Å². The summed E-state index contributed by atoms with van der Waals surface area (Å²) in [5, 5.41) is 2.33. The second-order valence-electron chi connectivity index (χ2n) is 3.17. The van der Waals surface area contributed by atoms with Crippen LogP contribution in [0.5, 0.6) is 0 Å². The van der Waals surface area contributed by atoms with Gasteiger partial charge in [0, 0.05) is 16.4 Å². The highest BCUT2D eigenvalue weighted by molar-refractivity contribution is 9.10. The van der Waals surface area contributed by atoms with Gasteiger partial charge in [-0.05, 0) is 39.5 Å². The smallest absolute Gasteiger partial charge is 0.180 e. The summed E-state index contributed by atoms with van der Waals surface area (Å²) < 4.78 is 0.901. The third-order valence-electron chi connectivity index (χ3n) is 2.00.